The molecule has 30 heavy (non-hydrogen) atoms. The first-order valence-electron chi connectivity index (χ1n) is 11.3. The summed E-state index contributed by atoms with van der Waals surface area (Å²) in [6.45, 7) is 2.40. The fourth-order valence-corrected chi connectivity index (χ4v) is 5.54. The van der Waals surface area contributed by atoms with Crippen molar-refractivity contribution in [2.45, 2.75) is 49.9 Å². The average Bonchev–Trinajstić information content (AvgIpc) is 3.43. The summed E-state index contributed by atoms with van der Waals surface area (Å²) in [4.78, 5) is 27.5. The molecule has 1 atom stereocenters. The van der Waals surface area contributed by atoms with Gasteiger partial charge in [0.1, 0.15) is 5.69 Å². The quantitative estimate of drug-likeness (QED) is 0.826. The summed E-state index contributed by atoms with van der Waals surface area (Å²) >= 11 is 0. The Morgan fingerprint density at radius 2 is 1.87 bits per heavy atom. The monoisotopic (exact) mass is 405 g/mol. The zero-order chi connectivity index (χ0) is 20.7. The highest BCUT2D eigenvalue weighted by molar-refractivity contribution is 5.92. The van der Waals surface area contributed by atoms with E-state index in [9.17, 15) is 9.59 Å². The van der Waals surface area contributed by atoms with Crippen LogP contribution in [0, 0.1) is 5.92 Å². The fourth-order valence-electron chi connectivity index (χ4n) is 5.54. The van der Waals surface area contributed by atoms with Gasteiger partial charge in [-0.25, -0.2) is 0 Å². The molecule has 5 heteroatoms. The number of hydrogen-bond donors (Lipinski definition) is 1. The fraction of sp³-hybridized carbons (Fsp3) is 0.520. The molecular weight excluding hydrogens is 374 g/mol. The second-order valence-electron chi connectivity index (χ2n) is 9.52. The number of carbonyl (C=O) groups is 2. The minimum absolute atomic E-state index is 0.100. The van der Waals surface area contributed by atoms with Gasteiger partial charge in [0.05, 0.1) is 0 Å². The van der Waals surface area contributed by atoms with E-state index in [4.69, 9.17) is 0 Å². The lowest BCUT2D eigenvalue weighted by atomic mass is 9.73. The lowest BCUT2D eigenvalue weighted by Gasteiger charge is -2.40. The molecule has 5 rings (SSSR count). The Balaban J connectivity index is 1.28. The highest BCUT2D eigenvalue weighted by Gasteiger charge is 2.46. The first-order chi connectivity index (χ1) is 14.6. The molecule has 1 saturated carbocycles. The highest BCUT2D eigenvalue weighted by atomic mass is 16.2. The minimum Gasteiger partial charge on any atom is -0.356 e. The average molecular weight is 406 g/mol. The molecule has 2 aliphatic carbocycles. The number of aromatic nitrogens is 1. The van der Waals surface area contributed by atoms with Gasteiger partial charge in [-0.05, 0) is 72.6 Å². The maximum atomic E-state index is 12.9. The molecule has 3 aliphatic rings. The van der Waals surface area contributed by atoms with Crippen molar-refractivity contribution in [2.75, 3.05) is 19.6 Å². The molecule has 1 N–H and O–H groups in total. The number of fused-ring (bicyclic) bond motifs is 2. The molecule has 1 saturated heterocycles. The second-order valence-corrected chi connectivity index (χ2v) is 9.52. The van der Waals surface area contributed by atoms with Crippen LogP contribution in [0.5, 0.6) is 0 Å². The standard InChI is InChI=1S/C25H31N3O2/c1-27-12-4-7-22(27)24(30)28-13-10-25(11-14-28)16-19(20-5-2-3-6-21(20)25)15-23(29)26-17-18-8-9-18/h2-7,12,18-19H,8-11,13-17H2,1H3,(H,26,29). The number of nitrogens with zero attached hydrogens (tertiary/aromatic N) is 2. The van der Waals surface area contributed by atoms with Gasteiger partial charge >= 0.3 is 0 Å². The van der Waals surface area contributed by atoms with Crippen molar-refractivity contribution < 1.29 is 9.59 Å². The van der Waals surface area contributed by atoms with Gasteiger partial charge in [0.15, 0.2) is 0 Å². The number of amides is 2. The topological polar surface area (TPSA) is 54.3 Å². The molecule has 1 aromatic carbocycles. The van der Waals surface area contributed by atoms with Crippen LogP contribution in [0.25, 0.3) is 0 Å². The lowest BCUT2D eigenvalue weighted by Crippen LogP contribution is -2.44. The summed E-state index contributed by atoms with van der Waals surface area (Å²) in [6, 6.07) is 12.5. The van der Waals surface area contributed by atoms with E-state index in [-0.39, 0.29) is 23.1 Å². The van der Waals surface area contributed by atoms with E-state index in [1.54, 1.807) is 0 Å². The van der Waals surface area contributed by atoms with Crippen LogP contribution in [-0.4, -0.2) is 40.9 Å². The van der Waals surface area contributed by atoms with Crippen LogP contribution in [-0.2, 0) is 17.3 Å². The molecule has 2 aromatic rings. The summed E-state index contributed by atoms with van der Waals surface area (Å²) in [5, 5.41) is 3.14. The lowest BCUT2D eigenvalue weighted by molar-refractivity contribution is -0.121. The van der Waals surface area contributed by atoms with Crippen LogP contribution in [0.2, 0.25) is 0 Å². The number of likely N-dealkylation sites (tertiary alicyclic amines) is 1. The summed E-state index contributed by atoms with van der Waals surface area (Å²) in [6.07, 6.45) is 7.99. The smallest absolute Gasteiger partial charge is 0.270 e. The van der Waals surface area contributed by atoms with Crippen LogP contribution in [0.15, 0.2) is 42.6 Å². The largest absolute Gasteiger partial charge is 0.356 e. The van der Waals surface area contributed by atoms with Crippen molar-refractivity contribution in [1.82, 2.24) is 14.8 Å². The van der Waals surface area contributed by atoms with Crippen molar-refractivity contribution in [3.63, 3.8) is 0 Å². The van der Waals surface area contributed by atoms with Crippen molar-refractivity contribution in [1.29, 1.82) is 0 Å². The van der Waals surface area contributed by atoms with Crippen molar-refractivity contribution in [2.24, 2.45) is 13.0 Å². The van der Waals surface area contributed by atoms with E-state index in [1.165, 1.54) is 24.0 Å². The molecule has 1 aliphatic heterocycles. The molecule has 158 valence electrons. The van der Waals surface area contributed by atoms with Gasteiger partial charge in [0, 0.05) is 39.3 Å². The van der Waals surface area contributed by atoms with Crippen LogP contribution >= 0.6 is 0 Å². The zero-order valence-electron chi connectivity index (χ0n) is 17.8. The highest BCUT2D eigenvalue weighted by Crippen LogP contribution is 2.52. The van der Waals surface area contributed by atoms with Gasteiger partial charge in [-0.15, -0.1) is 0 Å². The molecule has 1 unspecified atom stereocenters. The van der Waals surface area contributed by atoms with Crippen LogP contribution < -0.4 is 5.32 Å². The predicted octanol–water partition coefficient (Wildman–Crippen LogP) is 3.60. The van der Waals surface area contributed by atoms with Gasteiger partial charge in [-0.1, -0.05) is 24.3 Å². The van der Waals surface area contributed by atoms with Gasteiger partial charge < -0.3 is 14.8 Å². The van der Waals surface area contributed by atoms with Crippen molar-refractivity contribution in [3.05, 3.63) is 59.4 Å². The zero-order valence-corrected chi connectivity index (χ0v) is 17.8. The van der Waals surface area contributed by atoms with Crippen LogP contribution in [0.1, 0.15) is 66.1 Å². The second kappa shape index (κ2) is 7.60. The Kier molecular flexibility index (Phi) is 4.92. The molecule has 0 radical (unpaired) electrons. The van der Waals surface area contributed by atoms with Gasteiger partial charge in [-0.2, -0.15) is 0 Å². The van der Waals surface area contributed by atoms with Crippen molar-refractivity contribution in [3.8, 4) is 0 Å². The number of carbonyl (C=O) groups excluding carboxylic acids is 2. The Morgan fingerprint density at radius 1 is 1.10 bits per heavy atom. The van der Waals surface area contributed by atoms with E-state index >= 15 is 0 Å². The third-order valence-electron chi connectivity index (χ3n) is 7.50. The summed E-state index contributed by atoms with van der Waals surface area (Å²) in [7, 11) is 1.92. The number of hydrogen-bond acceptors (Lipinski definition) is 2. The minimum atomic E-state index is 0.100. The SMILES string of the molecule is Cn1cccc1C(=O)N1CCC2(CC1)CC(CC(=O)NCC1CC1)c1ccccc12. The third kappa shape index (κ3) is 3.55. The maximum Gasteiger partial charge on any atom is 0.270 e. The number of aryl methyl sites for hydroxylation is 1. The van der Waals surface area contributed by atoms with E-state index < -0.39 is 0 Å². The molecule has 5 nitrogen and oxygen atoms in total. The van der Waals surface area contributed by atoms with Crippen LogP contribution in [0.3, 0.4) is 0 Å². The van der Waals surface area contributed by atoms with Crippen LogP contribution in [0.4, 0.5) is 0 Å². The number of piperidine rings is 1. The van der Waals surface area contributed by atoms with Crippen molar-refractivity contribution >= 4 is 11.8 Å². The van der Waals surface area contributed by atoms with Gasteiger partial charge in [-0.3, -0.25) is 9.59 Å². The molecule has 2 amide bonds. The molecule has 2 heterocycles. The maximum absolute atomic E-state index is 12.9. The normalized spacial score (nSPS) is 22.2. The van der Waals surface area contributed by atoms with Gasteiger partial charge in [0.2, 0.25) is 5.91 Å². The first kappa shape index (κ1) is 19.4. The third-order valence-corrected chi connectivity index (χ3v) is 7.50. The molecular formula is C25H31N3O2. The van der Waals surface area contributed by atoms with E-state index in [0.717, 1.165) is 44.6 Å². The predicted molar refractivity (Wildman–Crippen MR) is 116 cm³/mol. The number of rotatable bonds is 5. The van der Waals surface area contributed by atoms with E-state index in [0.29, 0.717) is 12.3 Å². The number of nitrogens with one attached hydrogen (secondary N) is 1. The van der Waals surface area contributed by atoms with E-state index in [2.05, 4.69) is 29.6 Å². The Labute approximate surface area is 178 Å². The molecule has 1 spiro atoms. The first-order valence-corrected chi connectivity index (χ1v) is 11.3. The summed E-state index contributed by atoms with van der Waals surface area (Å²) in [5.74, 6) is 1.31. The summed E-state index contributed by atoms with van der Waals surface area (Å²) < 4.78 is 1.90. The number of benzene rings is 1. The Morgan fingerprint density at radius 3 is 2.57 bits per heavy atom. The Bertz CT molecular complexity index is 951. The van der Waals surface area contributed by atoms with E-state index in [1.807, 2.05) is 34.8 Å². The molecule has 2 fully saturated rings. The molecule has 0 bridgehead atoms. The summed E-state index contributed by atoms with van der Waals surface area (Å²) in [5.41, 5.74) is 3.61. The Hall–Kier alpha value is -2.56. The van der Waals surface area contributed by atoms with Gasteiger partial charge in [0.25, 0.3) is 5.91 Å². The molecule has 1 aromatic heterocycles.